The Hall–Kier alpha value is -1.28. The van der Waals surface area contributed by atoms with Crippen molar-refractivity contribution in [1.82, 2.24) is 15.0 Å². The smallest absolute Gasteiger partial charge is 0.142 e. The molecule has 2 aromatic rings. The van der Waals surface area contributed by atoms with E-state index in [-0.39, 0.29) is 0 Å². The summed E-state index contributed by atoms with van der Waals surface area (Å²) < 4.78 is 20.5. The van der Waals surface area contributed by atoms with Crippen LogP contribution in [0.5, 0.6) is 0 Å². The first-order valence-corrected chi connectivity index (χ1v) is 12.0. The minimum Gasteiger partial charge on any atom is -0.356 e. The maximum absolute atomic E-state index is 12.4. The second-order valence-corrected chi connectivity index (χ2v) is 10.2. The Morgan fingerprint density at radius 2 is 2.12 bits per heavy atom. The van der Waals surface area contributed by atoms with Crippen molar-refractivity contribution in [2.75, 3.05) is 35.5 Å². The molecule has 1 unspecified atom stereocenters. The topological polar surface area (TPSA) is 85.7 Å². The van der Waals surface area contributed by atoms with E-state index in [0.717, 1.165) is 48.3 Å². The summed E-state index contributed by atoms with van der Waals surface area (Å²) in [6.07, 6.45) is 9.73. The molecule has 6 nitrogen and oxygen atoms in total. The molecule has 0 bridgehead atoms. The van der Waals surface area contributed by atoms with Crippen molar-refractivity contribution in [1.29, 1.82) is 4.78 Å². The first kappa shape index (κ1) is 18.5. The van der Waals surface area contributed by atoms with Gasteiger partial charge < -0.3 is 9.88 Å². The number of thioether (sulfide) groups is 1. The van der Waals surface area contributed by atoms with Crippen molar-refractivity contribution in [3.05, 3.63) is 18.6 Å². The number of aromatic nitrogens is 3. The van der Waals surface area contributed by atoms with Crippen molar-refractivity contribution in [2.24, 2.45) is 5.92 Å². The predicted octanol–water partition coefficient (Wildman–Crippen LogP) is 3.36. The van der Waals surface area contributed by atoms with Gasteiger partial charge in [0.2, 0.25) is 0 Å². The van der Waals surface area contributed by atoms with Gasteiger partial charge in [-0.1, -0.05) is 0 Å². The zero-order valence-corrected chi connectivity index (χ0v) is 16.5. The minimum absolute atomic E-state index is 0.425. The van der Waals surface area contributed by atoms with Crippen LogP contribution in [0.3, 0.4) is 0 Å². The average molecular weight is 382 g/mol. The van der Waals surface area contributed by atoms with Crippen LogP contribution in [0.25, 0.3) is 11.0 Å². The fourth-order valence-electron chi connectivity index (χ4n) is 3.69. The molecule has 25 heavy (non-hydrogen) atoms. The summed E-state index contributed by atoms with van der Waals surface area (Å²) >= 11 is 1.67. The van der Waals surface area contributed by atoms with E-state index >= 15 is 0 Å². The molecule has 0 amide bonds. The monoisotopic (exact) mass is 381 g/mol. The van der Waals surface area contributed by atoms with Gasteiger partial charge in [-0.3, -0.25) is 4.78 Å². The van der Waals surface area contributed by atoms with Crippen LogP contribution in [-0.2, 0) is 9.73 Å². The van der Waals surface area contributed by atoms with Crippen molar-refractivity contribution < 1.29 is 4.21 Å². The zero-order chi connectivity index (χ0) is 17.9. The van der Waals surface area contributed by atoms with E-state index in [1.165, 1.54) is 0 Å². The highest BCUT2D eigenvalue weighted by atomic mass is 32.2. The van der Waals surface area contributed by atoms with Crippen LogP contribution in [0.15, 0.2) is 18.6 Å². The summed E-state index contributed by atoms with van der Waals surface area (Å²) in [6, 6.07) is 2.46. The van der Waals surface area contributed by atoms with Crippen LogP contribution in [0.4, 0.5) is 5.82 Å². The summed E-state index contributed by atoms with van der Waals surface area (Å²) in [5, 5.41) is 1.05. The molecule has 1 atom stereocenters. The lowest BCUT2D eigenvalue weighted by atomic mass is 9.86. The number of fused-ring (bicyclic) bond motifs is 1. The molecule has 0 radical (unpaired) electrons. The molecule has 8 heteroatoms. The van der Waals surface area contributed by atoms with E-state index in [4.69, 9.17) is 4.78 Å². The highest BCUT2D eigenvalue weighted by Gasteiger charge is 2.27. The van der Waals surface area contributed by atoms with Crippen molar-refractivity contribution in [2.45, 2.75) is 31.7 Å². The number of hydrogen-bond donors (Lipinski definition) is 2. The van der Waals surface area contributed by atoms with Gasteiger partial charge in [0.1, 0.15) is 17.8 Å². The van der Waals surface area contributed by atoms with Crippen LogP contribution in [0.2, 0.25) is 0 Å². The van der Waals surface area contributed by atoms with Gasteiger partial charge >= 0.3 is 0 Å². The molecule has 2 aromatic heterocycles. The first-order chi connectivity index (χ1) is 12.0. The Bertz CT molecular complexity index is 796. The summed E-state index contributed by atoms with van der Waals surface area (Å²) in [7, 11) is -0.311. The number of nitrogens with zero attached hydrogens (tertiary/aromatic N) is 3. The molecule has 138 valence electrons. The second-order valence-electron chi connectivity index (χ2n) is 6.90. The lowest BCUT2D eigenvalue weighted by molar-refractivity contribution is 0.342. The molecule has 3 rings (SSSR count). The number of rotatable bonds is 7. The van der Waals surface area contributed by atoms with E-state index in [2.05, 4.69) is 26.9 Å². The normalized spacial score (nSPS) is 23.4. The van der Waals surface area contributed by atoms with E-state index in [0.29, 0.717) is 23.5 Å². The van der Waals surface area contributed by atoms with Crippen molar-refractivity contribution in [3.8, 4) is 0 Å². The molecule has 0 saturated heterocycles. The van der Waals surface area contributed by atoms with Gasteiger partial charge in [-0.15, -0.1) is 0 Å². The molecule has 0 spiro atoms. The molecule has 2 heterocycles. The average Bonchev–Trinajstić information content (AvgIpc) is 3.08. The van der Waals surface area contributed by atoms with Gasteiger partial charge in [0.15, 0.2) is 0 Å². The van der Waals surface area contributed by atoms with Crippen LogP contribution in [0.1, 0.15) is 25.7 Å². The second kappa shape index (κ2) is 7.95. The largest absolute Gasteiger partial charge is 0.356 e. The molecule has 1 aliphatic carbocycles. The Kier molecular flexibility index (Phi) is 5.89. The summed E-state index contributed by atoms with van der Waals surface area (Å²) in [4.78, 5) is 14.1. The molecule has 1 aliphatic rings. The Balaban J connectivity index is 1.60. The van der Waals surface area contributed by atoms with Gasteiger partial charge in [-0.2, -0.15) is 11.8 Å². The predicted molar refractivity (Wildman–Crippen MR) is 107 cm³/mol. The molecule has 2 N–H and O–H groups in total. The van der Waals surface area contributed by atoms with E-state index < -0.39 is 9.73 Å². The summed E-state index contributed by atoms with van der Waals surface area (Å²) in [5.74, 6) is 3.31. The number of hydrogen-bond acceptors (Lipinski definition) is 6. The van der Waals surface area contributed by atoms with Gasteiger partial charge in [0.25, 0.3) is 0 Å². The fraction of sp³-hybridized carbons (Fsp3) is 0.647. The van der Waals surface area contributed by atoms with E-state index in [9.17, 15) is 4.21 Å². The minimum atomic E-state index is -2.41. The Morgan fingerprint density at radius 3 is 2.84 bits per heavy atom. The summed E-state index contributed by atoms with van der Waals surface area (Å²) in [6.45, 7) is 0. The van der Waals surface area contributed by atoms with Crippen molar-refractivity contribution in [3.63, 3.8) is 0 Å². The third kappa shape index (κ3) is 4.47. The molecule has 0 aromatic carbocycles. The molecule has 1 saturated carbocycles. The van der Waals surface area contributed by atoms with E-state index in [1.807, 2.05) is 18.5 Å². The van der Waals surface area contributed by atoms with Crippen LogP contribution < -0.4 is 4.90 Å². The third-order valence-electron chi connectivity index (χ3n) is 5.15. The fourth-order valence-corrected chi connectivity index (χ4v) is 6.70. The van der Waals surface area contributed by atoms with Gasteiger partial charge in [0, 0.05) is 46.3 Å². The standard InChI is InChI=1S/C17H27N5OS2/c1-22(17-15-7-8-19-16(15)20-12-21-17)14-5-3-13(4-6-14)11-25(18,23)10-9-24-2/h7-8,12-14,18H,3-6,9-11H2,1-2H3,(H,19,20,21)/t13-,14-,25?. The highest BCUT2D eigenvalue weighted by Crippen LogP contribution is 2.32. The SMILES string of the molecule is CSCCS(=N)(=O)C[C@H]1CC[C@H](N(C)c2ncnc3[nH]ccc23)CC1. The number of aromatic amines is 1. The quantitative estimate of drug-likeness (QED) is 0.768. The maximum atomic E-state index is 12.4. The Labute approximate surface area is 154 Å². The summed E-state index contributed by atoms with van der Waals surface area (Å²) in [5.41, 5.74) is 0.869. The third-order valence-corrected chi connectivity index (χ3v) is 7.90. The first-order valence-electron chi connectivity index (χ1n) is 8.74. The number of nitrogens with one attached hydrogen (secondary N) is 2. The zero-order valence-electron chi connectivity index (χ0n) is 14.9. The maximum Gasteiger partial charge on any atom is 0.142 e. The lowest BCUT2D eigenvalue weighted by Crippen LogP contribution is -2.37. The molecular weight excluding hydrogens is 354 g/mol. The van der Waals surface area contributed by atoms with Crippen LogP contribution >= 0.6 is 11.8 Å². The number of anilines is 1. The molecule has 0 aliphatic heterocycles. The Morgan fingerprint density at radius 1 is 1.36 bits per heavy atom. The van der Waals surface area contributed by atoms with Gasteiger partial charge in [0.05, 0.1) is 5.39 Å². The number of H-pyrrole nitrogens is 1. The van der Waals surface area contributed by atoms with Crippen LogP contribution in [-0.4, -0.2) is 55.8 Å². The van der Waals surface area contributed by atoms with E-state index in [1.54, 1.807) is 18.1 Å². The molecule has 1 fully saturated rings. The highest BCUT2D eigenvalue weighted by molar-refractivity contribution is 8.00. The lowest BCUT2D eigenvalue weighted by Gasteiger charge is -2.35. The van der Waals surface area contributed by atoms with Gasteiger partial charge in [-0.25, -0.2) is 14.2 Å². The van der Waals surface area contributed by atoms with Gasteiger partial charge in [-0.05, 0) is 43.9 Å². The van der Waals surface area contributed by atoms with Crippen molar-refractivity contribution >= 4 is 38.3 Å². The molecular formula is C17H27N5OS2. The van der Waals surface area contributed by atoms with Crippen LogP contribution in [0, 0.1) is 10.7 Å².